The SMILES string of the molecule is c1ccc(-c2nc(-c3ccc(-c4ccccc4)c4ccccc34)nc(-n3c4ccccc4c4c5ccccc5ccc43)n2)cc1. The van der Waals surface area contributed by atoms with Crippen molar-refractivity contribution in [1.82, 2.24) is 19.5 Å². The summed E-state index contributed by atoms with van der Waals surface area (Å²) in [6.07, 6.45) is 0. The fraction of sp³-hybridized carbons (Fsp3) is 0. The molecule has 0 saturated carbocycles. The van der Waals surface area contributed by atoms with E-state index in [9.17, 15) is 0 Å². The maximum atomic E-state index is 5.25. The third-order valence-electron chi connectivity index (χ3n) is 8.67. The monoisotopic (exact) mass is 574 g/mol. The van der Waals surface area contributed by atoms with Crippen LogP contribution in [-0.2, 0) is 0 Å². The molecule has 0 aliphatic carbocycles. The second kappa shape index (κ2) is 10.2. The summed E-state index contributed by atoms with van der Waals surface area (Å²) in [5, 5.41) is 7.05. The summed E-state index contributed by atoms with van der Waals surface area (Å²) >= 11 is 0. The Balaban J connectivity index is 1.36. The molecule has 0 bridgehead atoms. The van der Waals surface area contributed by atoms with E-state index in [2.05, 4.69) is 144 Å². The molecular weight excluding hydrogens is 548 g/mol. The normalized spacial score (nSPS) is 11.6. The van der Waals surface area contributed by atoms with E-state index in [-0.39, 0.29) is 0 Å². The van der Waals surface area contributed by atoms with Gasteiger partial charge in [0, 0.05) is 21.9 Å². The van der Waals surface area contributed by atoms with Crippen molar-refractivity contribution in [2.75, 3.05) is 0 Å². The quantitative estimate of drug-likeness (QED) is 0.210. The molecule has 45 heavy (non-hydrogen) atoms. The first-order chi connectivity index (χ1) is 22.3. The van der Waals surface area contributed by atoms with Crippen LogP contribution in [-0.4, -0.2) is 19.5 Å². The minimum absolute atomic E-state index is 0.594. The highest BCUT2D eigenvalue weighted by molar-refractivity contribution is 6.21. The van der Waals surface area contributed by atoms with Crippen molar-refractivity contribution in [3.05, 3.63) is 158 Å². The Hall–Kier alpha value is -6.13. The summed E-state index contributed by atoms with van der Waals surface area (Å²) in [4.78, 5) is 15.5. The van der Waals surface area contributed by atoms with E-state index in [1.165, 1.54) is 32.7 Å². The first-order valence-corrected chi connectivity index (χ1v) is 15.1. The van der Waals surface area contributed by atoms with Crippen LogP contribution < -0.4 is 0 Å². The van der Waals surface area contributed by atoms with Gasteiger partial charge in [-0.3, -0.25) is 4.57 Å². The topological polar surface area (TPSA) is 43.6 Å². The van der Waals surface area contributed by atoms with Gasteiger partial charge in [0.1, 0.15) is 0 Å². The maximum Gasteiger partial charge on any atom is 0.238 e. The summed E-state index contributed by atoms with van der Waals surface area (Å²) in [7, 11) is 0. The van der Waals surface area contributed by atoms with Crippen molar-refractivity contribution in [2.24, 2.45) is 0 Å². The number of hydrogen-bond acceptors (Lipinski definition) is 3. The van der Waals surface area contributed by atoms with Crippen LogP contribution in [0.5, 0.6) is 0 Å². The van der Waals surface area contributed by atoms with Crippen molar-refractivity contribution in [2.45, 2.75) is 0 Å². The van der Waals surface area contributed by atoms with Gasteiger partial charge in [-0.25, -0.2) is 4.98 Å². The number of nitrogens with zero attached hydrogens (tertiary/aromatic N) is 4. The number of aromatic nitrogens is 4. The van der Waals surface area contributed by atoms with Gasteiger partial charge >= 0.3 is 0 Å². The molecule has 4 heteroatoms. The molecule has 9 rings (SSSR count). The lowest BCUT2D eigenvalue weighted by molar-refractivity contribution is 0.954. The fourth-order valence-corrected chi connectivity index (χ4v) is 6.62. The van der Waals surface area contributed by atoms with Crippen LogP contribution in [0.3, 0.4) is 0 Å². The zero-order valence-electron chi connectivity index (χ0n) is 24.3. The Labute approximate surface area is 259 Å². The lowest BCUT2D eigenvalue weighted by Gasteiger charge is -2.14. The highest BCUT2D eigenvalue weighted by Crippen LogP contribution is 2.38. The third kappa shape index (κ3) is 4.11. The van der Waals surface area contributed by atoms with Gasteiger partial charge in [0.05, 0.1) is 11.0 Å². The highest BCUT2D eigenvalue weighted by Gasteiger charge is 2.20. The fourth-order valence-electron chi connectivity index (χ4n) is 6.62. The number of rotatable bonds is 4. The molecule has 0 atom stereocenters. The molecule has 4 nitrogen and oxygen atoms in total. The zero-order valence-corrected chi connectivity index (χ0v) is 24.3. The van der Waals surface area contributed by atoms with Crippen molar-refractivity contribution < 1.29 is 0 Å². The average Bonchev–Trinajstić information content (AvgIpc) is 3.47. The van der Waals surface area contributed by atoms with Crippen molar-refractivity contribution in [3.8, 4) is 39.9 Å². The smallest absolute Gasteiger partial charge is 0.238 e. The Morgan fingerprint density at radius 2 is 0.933 bits per heavy atom. The van der Waals surface area contributed by atoms with Crippen LogP contribution >= 0.6 is 0 Å². The molecule has 0 aliphatic heterocycles. The van der Waals surface area contributed by atoms with Gasteiger partial charge in [-0.1, -0.05) is 140 Å². The van der Waals surface area contributed by atoms with E-state index < -0.39 is 0 Å². The van der Waals surface area contributed by atoms with Gasteiger partial charge in [-0.2, -0.15) is 9.97 Å². The Bertz CT molecular complexity index is 2530. The molecule has 0 amide bonds. The van der Waals surface area contributed by atoms with Gasteiger partial charge in [0.15, 0.2) is 11.6 Å². The molecule has 2 aromatic heterocycles. The first kappa shape index (κ1) is 25.4. The van der Waals surface area contributed by atoms with Gasteiger partial charge in [-0.05, 0) is 50.9 Å². The molecule has 0 unspecified atom stereocenters. The predicted molar refractivity (Wildman–Crippen MR) is 185 cm³/mol. The molecule has 210 valence electrons. The van der Waals surface area contributed by atoms with Crippen LogP contribution in [0.15, 0.2) is 158 Å². The van der Waals surface area contributed by atoms with E-state index in [0.29, 0.717) is 17.6 Å². The van der Waals surface area contributed by atoms with E-state index >= 15 is 0 Å². The summed E-state index contributed by atoms with van der Waals surface area (Å²) in [5.41, 5.74) is 6.40. The standard InChI is InChI=1S/C41H26N4/c1-3-13-27(14-4-1)30-24-25-34(33-20-10-9-19-32(30)33)40-42-39(29-16-5-2-6-17-29)43-41(44-40)45-36-22-12-11-21-35(36)38-31-18-8-7-15-28(31)23-26-37(38)45/h1-26H. The Kier molecular flexibility index (Phi) is 5.78. The molecule has 0 spiro atoms. The van der Waals surface area contributed by atoms with Gasteiger partial charge < -0.3 is 0 Å². The molecular formula is C41H26N4. The Morgan fingerprint density at radius 1 is 0.356 bits per heavy atom. The molecule has 9 aromatic rings. The third-order valence-corrected chi connectivity index (χ3v) is 8.67. The van der Waals surface area contributed by atoms with Crippen molar-refractivity contribution >= 4 is 43.4 Å². The summed E-state index contributed by atoms with van der Waals surface area (Å²) < 4.78 is 2.19. The van der Waals surface area contributed by atoms with E-state index in [0.717, 1.165) is 32.9 Å². The lowest BCUT2D eigenvalue weighted by atomic mass is 9.95. The second-order valence-electron chi connectivity index (χ2n) is 11.3. The molecule has 7 aromatic carbocycles. The molecule has 0 aliphatic rings. The van der Waals surface area contributed by atoms with E-state index in [4.69, 9.17) is 15.0 Å². The summed E-state index contributed by atoms with van der Waals surface area (Å²) in [5.74, 6) is 1.87. The molecule has 2 heterocycles. The number of para-hydroxylation sites is 1. The maximum absolute atomic E-state index is 5.25. The minimum atomic E-state index is 0.594. The number of fused-ring (bicyclic) bond motifs is 6. The van der Waals surface area contributed by atoms with Crippen LogP contribution in [0, 0.1) is 0 Å². The predicted octanol–water partition coefficient (Wildman–Crippen LogP) is 10.3. The molecule has 0 fully saturated rings. The van der Waals surface area contributed by atoms with E-state index in [1.54, 1.807) is 0 Å². The van der Waals surface area contributed by atoms with Gasteiger partial charge in [-0.15, -0.1) is 0 Å². The minimum Gasteiger partial charge on any atom is -0.278 e. The largest absolute Gasteiger partial charge is 0.278 e. The average molecular weight is 575 g/mol. The van der Waals surface area contributed by atoms with Crippen LogP contribution in [0.2, 0.25) is 0 Å². The first-order valence-electron chi connectivity index (χ1n) is 15.1. The zero-order chi connectivity index (χ0) is 29.7. The van der Waals surface area contributed by atoms with Crippen LogP contribution in [0.4, 0.5) is 0 Å². The van der Waals surface area contributed by atoms with Crippen molar-refractivity contribution in [3.63, 3.8) is 0 Å². The van der Waals surface area contributed by atoms with Crippen LogP contribution in [0.25, 0.3) is 83.2 Å². The number of hydrogen-bond donors (Lipinski definition) is 0. The molecule has 0 N–H and O–H groups in total. The highest BCUT2D eigenvalue weighted by atomic mass is 15.2. The van der Waals surface area contributed by atoms with Crippen LogP contribution in [0.1, 0.15) is 0 Å². The van der Waals surface area contributed by atoms with E-state index in [1.807, 2.05) is 18.2 Å². The van der Waals surface area contributed by atoms with Gasteiger partial charge in [0.2, 0.25) is 5.95 Å². The second-order valence-corrected chi connectivity index (χ2v) is 11.3. The molecule has 0 radical (unpaired) electrons. The number of benzene rings is 7. The van der Waals surface area contributed by atoms with Gasteiger partial charge in [0.25, 0.3) is 0 Å². The molecule has 0 saturated heterocycles. The lowest BCUT2D eigenvalue weighted by Crippen LogP contribution is -2.06. The summed E-state index contributed by atoms with van der Waals surface area (Å²) in [6, 6.07) is 55.0. The Morgan fingerprint density at radius 3 is 1.71 bits per heavy atom. The summed E-state index contributed by atoms with van der Waals surface area (Å²) in [6.45, 7) is 0. The van der Waals surface area contributed by atoms with Crippen molar-refractivity contribution in [1.29, 1.82) is 0 Å².